The first kappa shape index (κ1) is 20.5. The maximum Gasteiger partial charge on any atom is 0.227 e. The van der Waals surface area contributed by atoms with Gasteiger partial charge in [-0.1, -0.05) is 24.3 Å². The molecule has 1 N–H and O–H groups in total. The quantitative estimate of drug-likeness (QED) is 0.648. The van der Waals surface area contributed by atoms with Crippen LogP contribution in [0.2, 0.25) is 0 Å². The van der Waals surface area contributed by atoms with Crippen molar-refractivity contribution in [1.29, 1.82) is 0 Å². The van der Waals surface area contributed by atoms with Crippen LogP contribution < -0.4 is 10.2 Å². The van der Waals surface area contributed by atoms with E-state index >= 15 is 0 Å². The van der Waals surface area contributed by atoms with Crippen LogP contribution in [-0.2, 0) is 16.1 Å². The Morgan fingerprint density at radius 1 is 1.13 bits per heavy atom. The van der Waals surface area contributed by atoms with E-state index in [9.17, 15) is 9.59 Å². The fourth-order valence-electron chi connectivity index (χ4n) is 3.92. The zero-order chi connectivity index (χ0) is 21.1. The van der Waals surface area contributed by atoms with Crippen molar-refractivity contribution in [2.45, 2.75) is 44.2 Å². The van der Waals surface area contributed by atoms with Crippen molar-refractivity contribution in [1.82, 2.24) is 14.9 Å². The number of fused-ring (bicyclic) bond motifs is 2. The van der Waals surface area contributed by atoms with Crippen molar-refractivity contribution >= 4 is 40.3 Å². The maximum absolute atomic E-state index is 12.8. The first-order valence-corrected chi connectivity index (χ1v) is 11.3. The number of aromatic nitrogens is 2. The molecule has 0 saturated heterocycles. The Kier molecular flexibility index (Phi) is 6.08. The summed E-state index contributed by atoms with van der Waals surface area (Å²) in [6.07, 6.45) is 0.364. The van der Waals surface area contributed by atoms with E-state index in [0.29, 0.717) is 6.54 Å². The van der Waals surface area contributed by atoms with E-state index in [0.717, 1.165) is 39.7 Å². The summed E-state index contributed by atoms with van der Waals surface area (Å²) in [6, 6.07) is 15.7. The highest BCUT2D eigenvalue weighted by molar-refractivity contribution is 7.99. The van der Waals surface area contributed by atoms with Crippen LogP contribution in [0.1, 0.15) is 38.6 Å². The minimum Gasteiger partial charge on any atom is -0.346 e. The first-order valence-electron chi connectivity index (χ1n) is 10.3. The molecule has 7 heteroatoms. The van der Waals surface area contributed by atoms with Gasteiger partial charge < -0.3 is 14.8 Å². The molecule has 1 unspecified atom stereocenters. The summed E-state index contributed by atoms with van der Waals surface area (Å²) in [5.41, 5.74) is 2.93. The molecule has 3 aromatic rings. The van der Waals surface area contributed by atoms with Gasteiger partial charge in [0.05, 0.1) is 22.8 Å². The predicted octanol–water partition coefficient (Wildman–Crippen LogP) is 4.15. The van der Waals surface area contributed by atoms with Crippen molar-refractivity contribution in [2.75, 3.05) is 17.2 Å². The zero-order valence-electron chi connectivity index (χ0n) is 17.3. The molecule has 0 saturated carbocycles. The molecule has 0 fully saturated rings. The lowest BCUT2D eigenvalue weighted by Crippen LogP contribution is -2.36. The molecule has 1 aromatic heterocycles. The fraction of sp³-hybridized carbons (Fsp3) is 0.348. The predicted molar refractivity (Wildman–Crippen MR) is 121 cm³/mol. The number of hydrogen-bond donors (Lipinski definition) is 1. The molecule has 0 bridgehead atoms. The largest absolute Gasteiger partial charge is 0.346 e. The Hall–Kier alpha value is -2.80. The van der Waals surface area contributed by atoms with Crippen molar-refractivity contribution in [3.8, 4) is 0 Å². The van der Waals surface area contributed by atoms with Crippen LogP contribution in [0.15, 0.2) is 53.4 Å². The number of aryl methyl sites for hydroxylation is 1. The third kappa shape index (κ3) is 4.07. The molecule has 1 aliphatic heterocycles. The summed E-state index contributed by atoms with van der Waals surface area (Å²) in [5, 5.41) is 3.01. The molecule has 2 amide bonds. The average Bonchev–Trinajstić information content (AvgIpc) is 3.16. The number of thioether (sulfide) groups is 1. The van der Waals surface area contributed by atoms with Gasteiger partial charge in [0.25, 0.3) is 0 Å². The number of anilines is 1. The Labute approximate surface area is 180 Å². The zero-order valence-corrected chi connectivity index (χ0v) is 18.1. The highest BCUT2D eigenvalue weighted by Gasteiger charge is 2.23. The van der Waals surface area contributed by atoms with E-state index in [2.05, 4.69) is 16.8 Å². The van der Waals surface area contributed by atoms with Gasteiger partial charge in [-0.3, -0.25) is 9.59 Å². The van der Waals surface area contributed by atoms with Gasteiger partial charge in [0.15, 0.2) is 0 Å². The molecule has 2 aromatic carbocycles. The topological polar surface area (TPSA) is 67.2 Å². The molecule has 4 rings (SSSR count). The molecule has 0 radical (unpaired) electrons. The van der Waals surface area contributed by atoms with Crippen LogP contribution in [0.5, 0.6) is 0 Å². The van der Waals surface area contributed by atoms with Crippen molar-refractivity contribution in [3.05, 3.63) is 54.4 Å². The summed E-state index contributed by atoms with van der Waals surface area (Å²) in [6.45, 7) is 5.46. The molecule has 0 spiro atoms. The van der Waals surface area contributed by atoms with Crippen molar-refractivity contribution in [3.63, 3.8) is 0 Å². The lowest BCUT2D eigenvalue weighted by atomic mass is 10.2. The minimum absolute atomic E-state index is 0.00801. The summed E-state index contributed by atoms with van der Waals surface area (Å²) in [5.74, 6) is 1.57. The lowest BCUT2D eigenvalue weighted by molar-refractivity contribution is -0.125. The number of hydrogen-bond acceptors (Lipinski definition) is 4. The van der Waals surface area contributed by atoms with Gasteiger partial charge in [0, 0.05) is 36.6 Å². The van der Waals surface area contributed by atoms with E-state index in [4.69, 9.17) is 4.98 Å². The van der Waals surface area contributed by atoms with E-state index in [-0.39, 0.29) is 30.7 Å². The molecule has 30 heavy (non-hydrogen) atoms. The first-order chi connectivity index (χ1) is 14.6. The normalized spacial score (nSPS) is 14.4. The molecule has 1 atom stereocenters. The molecule has 2 heterocycles. The number of carbonyl (C=O) groups is 2. The summed E-state index contributed by atoms with van der Waals surface area (Å²) < 4.78 is 2.12. The van der Waals surface area contributed by atoms with Crippen LogP contribution in [-0.4, -0.2) is 33.7 Å². The third-order valence-corrected chi connectivity index (χ3v) is 6.40. The van der Waals surface area contributed by atoms with Gasteiger partial charge in [-0.25, -0.2) is 4.98 Å². The fourth-order valence-corrected chi connectivity index (χ4v) is 4.91. The van der Waals surface area contributed by atoms with Crippen LogP contribution in [0.25, 0.3) is 11.0 Å². The molecular weight excluding hydrogens is 396 g/mol. The van der Waals surface area contributed by atoms with E-state index in [1.807, 2.05) is 55.5 Å². The third-order valence-electron chi connectivity index (χ3n) is 5.36. The van der Waals surface area contributed by atoms with E-state index in [1.54, 1.807) is 16.7 Å². The summed E-state index contributed by atoms with van der Waals surface area (Å²) >= 11 is 1.76. The number of carbonyl (C=O) groups excluding carboxylic acids is 2. The van der Waals surface area contributed by atoms with E-state index in [1.165, 1.54) is 0 Å². The van der Waals surface area contributed by atoms with Gasteiger partial charge in [0.1, 0.15) is 5.82 Å². The average molecular weight is 423 g/mol. The van der Waals surface area contributed by atoms with Gasteiger partial charge >= 0.3 is 0 Å². The van der Waals surface area contributed by atoms with Gasteiger partial charge in [-0.05, 0) is 38.1 Å². The van der Waals surface area contributed by atoms with Gasteiger partial charge in [0.2, 0.25) is 11.8 Å². The Bertz CT molecular complexity index is 1080. The molecular formula is C23H26N4O2S. The second-order valence-electron chi connectivity index (χ2n) is 7.35. The van der Waals surface area contributed by atoms with Gasteiger partial charge in [-0.15, -0.1) is 11.8 Å². The van der Waals surface area contributed by atoms with E-state index < -0.39 is 0 Å². The number of amides is 2. The number of imidazole rings is 1. The molecule has 1 aliphatic rings. The molecule has 6 nitrogen and oxygen atoms in total. The number of nitrogens with one attached hydrogen (secondary N) is 1. The molecule has 156 valence electrons. The van der Waals surface area contributed by atoms with Crippen LogP contribution >= 0.6 is 11.8 Å². The van der Waals surface area contributed by atoms with Crippen LogP contribution in [0.4, 0.5) is 5.69 Å². The second-order valence-corrected chi connectivity index (χ2v) is 8.49. The number of nitrogens with zero attached hydrogens (tertiary/aromatic N) is 3. The standard InChI is InChI=1S/C23H26N4O2S/c1-3-26-18-9-5-4-8-17(18)25-23(26)16(2)24-21(28)12-13-22(29)27-14-15-30-20-11-7-6-10-19(20)27/h4-11,16H,3,12-15H2,1-2H3,(H,24,28). The van der Waals surface area contributed by atoms with Gasteiger partial charge in [-0.2, -0.15) is 0 Å². The number of rotatable bonds is 6. The Balaban J connectivity index is 1.38. The second kappa shape index (κ2) is 8.92. The highest BCUT2D eigenvalue weighted by atomic mass is 32.2. The lowest BCUT2D eigenvalue weighted by Gasteiger charge is -2.29. The van der Waals surface area contributed by atoms with Crippen LogP contribution in [0.3, 0.4) is 0 Å². The van der Waals surface area contributed by atoms with Crippen LogP contribution in [0, 0.1) is 0 Å². The smallest absolute Gasteiger partial charge is 0.227 e. The highest BCUT2D eigenvalue weighted by Crippen LogP contribution is 2.34. The summed E-state index contributed by atoms with van der Waals surface area (Å²) in [4.78, 5) is 32.9. The number of benzene rings is 2. The maximum atomic E-state index is 12.8. The SMILES string of the molecule is CCn1c(C(C)NC(=O)CCC(=O)N2CCSc3ccccc32)nc2ccccc21. The summed E-state index contributed by atoms with van der Waals surface area (Å²) in [7, 11) is 0. The monoisotopic (exact) mass is 422 g/mol. The molecule has 0 aliphatic carbocycles. The Morgan fingerprint density at radius 2 is 1.90 bits per heavy atom. The Morgan fingerprint density at radius 3 is 2.73 bits per heavy atom. The van der Waals surface area contributed by atoms with Crippen molar-refractivity contribution < 1.29 is 9.59 Å². The minimum atomic E-state index is -0.230. The number of para-hydroxylation sites is 3. The van der Waals surface area contributed by atoms with Crippen molar-refractivity contribution in [2.24, 2.45) is 0 Å².